The largest absolute Gasteiger partial charge is 0.530 e. The molecule has 4 aromatic rings. The van der Waals surface area contributed by atoms with Gasteiger partial charge in [-0.05, 0) is 75.2 Å². The number of hydrogen-bond acceptors (Lipinski definition) is 12. The molecule has 13 nitrogen and oxygen atoms in total. The molecule has 0 aliphatic carbocycles. The molecule has 0 radical (unpaired) electrons. The molecule has 344 valence electrons. The number of fused-ring (bicyclic) bond motifs is 2. The maximum Gasteiger partial charge on any atom is 0.530 e. The average molecular weight is 912 g/mol. The van der Waals surface area contributed by atoms with Gasteiger partial charge in [0.05, 0.1) is 48.3 Å². The Morgan fingerprint density at radius 3 is 2.29 bits per heavy atom. The number of phosphoric ester groups is 1. The second-order valence-electron chi connectivity index (χ2n) is 17.4. The van der Waals surface area contributed by atoms with Gasteiger partial charge in [0.25, 0.3) is 0 Å². The molecular formula is C47H64ClFN5O8P. The molecule has 6 rings (SSSR count). The van der Waals surface area contributed by atoms with Crippen LogP contribution in [0.5, 0.6) is 5.75 Å². The molecule has 0 spiro atoms. The Kier molecular flexibility index (Phi) is 17.8. The molecule has 2 aromatic carbocycles. The fraction of sp³-hybridized carbons (Fsp3) is 0.596. The topological polar surface area (TPSA) is 162 Å². The standard InChI is InChI=1S/C47H64ClFN5O8P/c1-5-6-7-8-9-10-11-12-13-14-15-16-17-18-21-37(56-30-35-26-34(29-50)27-36(49)28-35)31-57-63(55,62-41-23-20-19-22-38(41)48)58-32-47(4)44-43(59-46(2,3)61-44)42(60-47)39-24-25-40-45(51)52-33-53-54(39)40/h19-20,22-28,33,37,42-44H,5-18,21,30-32H2,1-4H3,(H2,51,52,53)/t37-,42+,43+,44+,47-,63?/m1/s1. The molecule has 2 aliphatic rings. The lowest BCUT2D eigenvalue weighted by Crippen LogP contribution is -2.44. The van der Waals surface area contributed by atoms with Crippen LogP contribution in [0.2, 0.25) is 5.02 Å². The van der Waals surface area contributed by atoms with Crippen molar-refractivity contribution in [3.8, 4) is 11.8 Å². The van der Waals surface area contributed by atoms with Crippen molar-refractivity contribution in [3.63, 3.8) is 0 Å². The van der Waals surface area contributed by atoms with Crippen molar-refractivity contribution in [3.05, 3.63) is 88.6 Å². The highest BCUT2D eigenvalue weighted by Gasteiger charge is 2.62. The number of nitrogens with zero attached hydrogens (tertiary/aromatic N) is 4. The number of phosphoric acid groups is 1. The van der Waals surface area contributed by atoms with Gasteiger partial charge in [0, 0.05) is 0 Å². The van der Waals surface area contributed by atoms with E-state index >= 15 is 0 Å². The maximum atomic E-state index is 14.9. The van der Waals surface area contributed by atoms with E-state index in [0.29, 0.717) is 29.0 Å². The minimum atomic E-state index is -4.49. The van der Waals surface area contributed by atoms with Gasteiger partial charge in [-0.15, -0.1) is 0 Å². The summed E-state index contributed by atoms with van der Waals surface area (Å²) in [7, 11) is -4.49. The van der Waals surface area contributed by atoms with Gasteiger partial charge in [0.1, 0.15) is 47.3 Å². The summed E-state index contributed by atoms with van der Waals surface area (Å²) in [6.45, 7) is 7.21. The Balaban J connectivity index is 1.12. The van der Waals surface area contributed by atoms with Gasteiger partial charge in [-0.1, -0.05) is 121 Å². The van der Waals surface area contributed by atoms with Crippen LogP contribution < -0.4 is 10.3 Å². The molecule has 2 aliphatic heterocycles. The van der Waals surface area contributed by atoms with Crippen molar-refractivity contribution in [1.82, 2.24) is 14.6 Å². The predicted molar refractivity (Wildman–Crippen MR) is 240 cm³/mol. The second-order valence-corrected chi connectivity index (χ2v) is 19.4. The first-order valence-electron chi connectivity index (χ1n) is 22.6. The van der Waals surface area contributed by atoms with Crippen molar-refractivity contribution in [1.29, 1.82) is 5.26 Å². The second kappa shape index (κ2) is 23.0. The lowest BCUT2D eigenvalue weighted by Gasteiger charge is -2.32. The van der Waals surface area contributed by atoms with Crippen molar-refractivity contribution in [2.45, 2.75) is 166 Å². The minimum Gasteiger partial charge on any atom is -0.402 e. The van der Waals surface area contributed by atoms with E-state index in [-0.39, 0.29) is 36.2 Å². The quantitative estimate of drug-likeness (QED) is 0.0446. The van der Waals surface area contributed by atoms with E-state index in [9.17, 15) is 14.2 Å². The number of nitrogen functional groups attached to an aromatic ring is 1. The summed E-state index contributed by atoms with van der Waals surface area (Å²) in [5.41, 5.74) is 6.87. The zero-order valence-corrected chi connectivity index (χ0v) is 38.8. The Morgan fingerprint density at radius 2 is 1.60 bits per heavy atom. The first-order valence-corrected chi connectivity index (χ1v) is 24.4. The number of anilines is 1. The molecule has 16 heteroatoms. The highest BCUT2D eigenvalue weighted by atomic mass is 35.5. The maximum absolute atomic E-state index is 14.9. The smallest absolute Gasteiger partial charge is 0.402 e. The SMILES string of the molecule is CCCCCCCCCCCCCCCC[C@H](COP(=O)(OC[C@@]1(C)O[C@@H](c2ccc3c(N)ncnn23)[C@@H]2OC(C)(C)O[C@@H]21)Oc1ccccc1Cl)OCc1cc(F)cc(C#N)c1. The van der Waals surface area contributed by atoms with Gasteiger partial charge in [-0.2, -0.15) is 10.4 Å². The van der Waals surface area contributed by atoms with Gasteiger partial charge in [0.15, 0.2) is 11.6 Å². The molecule has 4 heterocycles. The van der Waals surface area contributed by atoms with Crippen LogP contribution in [0.3, 0.4) is 0 Å². The molecule has 0 amide bonds. The monoisotopic (exact) mass is 911 g/mol. The van der Waals surface area contributed by atoms with Crippen LogP contribution in [0.25, 0.3) is 5.52 Å². The summed E-state index contributed by atoms with van der Waals surface area (Å²) >= 11 is 6.50. The van der Waals surface area contributed by atoms with Crippen molar-refractivity contribution < 1.29 is 41.5 Å². The fourth-order valence-corrected chi connectivity index (χ4v) is 9.92. The van der Waals surface area contributed by atoms with E-state index in [2.05, 4.69) is 17.0 Å². The predicted octanol–water partition coefficient (Wildman–Crippen LogP) is 12.0. The molecule has 6 atom stereocenters. The third-order valence-electron chi connectivity index (χ3n) is 11.7. The number of nitrogens with two attached hydrogens (primary N) is 1. The van der Waals surface area contributed by atoms with E-state index in [4.69, 9.17) is 49.9 Å². The molecule has 63 heavy (non-hydrogen) atoms. The normalized spacial score (nSPS) is 21.9. The summed E-state index contributed by atoms with van der Waals surface area (Å²) in [4.78, 5) is 4.10. The van der Waals surface area contributed by atoms with Gasteiger partial charge in [-0.25, -0.2) is 18.5 Å². The zero-order chi connectivity index (χ0) is 44.9. The van der Waals surface area contributed by atoms with E-state index in [1.165, 1.54) is 82.7 Å². The number of rotatable bonds is 27. The lowest BCUT2D eigenvalue weighted by atomic mass is 9.97. The van der Waals surface area contributed by atoms with E-state index < -0.39 is 49.4 Å². The highest BCUT2D eigenvalue weighted by molar-refractivity contribution is 7.49. The summed E-state index contributed by atoms with van der Waals surface area (Å²) in [5, 5.41) is 14.0. The average Bonchev–Trinajstić information content (AvgIpc) is 3.92. The van der Waals surface area contributed by atoms with Crippen LogP contribution in [-0.4, -0.2) is 57.5 Å². The minimum absolute atomic E-state index is 0.00405. The molecule has 2 aromatic heterocycles. The van der Waals surface area contributed by atoms with E-state index in [1.807, 2.05) is 32.0 Å². The molecule has 0 bridgehead atoms. The Hall–Kier alpha value is -3.64. The lowest BCUT2D eigenvalue weighted by molar-refractivity contribution is -0.212. The van der Waals surface area contributed by atoms with Crippen LogP contribution >= 0.6 is 19.4 Å². The van der Waals surface area contributed by atoms with Crippen LogP contribution in [0.4, 0.5) is 10.2 Å². The molecule has 2 fully saturated rings. The number of ether oxygens (including phenoxy) is 4. The first-order chi connectivity index (χ1) is 30.3. The van der Waals surface area contributed by atoms with Gasteiger partial charge >= 0.3 is 7.82 Å². The molecule has 0 saturated carbocycles. The Bertz CT molecular complexity index is 2170. The zero-order valence-electron chi connectivity index (χ0n) is 37.1. The molecule has 1 unspecified atom stereocenters. The van der Waals surface area contributed by atoms with Crippen LogP contribution in [0.15, 0.2) is 60.9 Å². The molecule has 2 saturated heterocycles. The summed E-state index contributed by atoms with van der Waals surface area (Å²) in [5.74, 6) is -1.10. The highest BCUT2D eigenvalue weighted by Crippen LogP contribution is 2.55. The third kappa shape index (κ3) is 13.7. The van der Waals surface area contributed by atoms with Crippen LogP contribution in [-0.2, 0) is 39.2 Å². The van der Waals surface area contributed by atoms with Crippen LogP contribution in [0.1, 0.15) is 147 Å². The molecule has 2 N–H and O–H groups in total. The number of hydrogen-bond donors (Lipinski definition) is 1. The van der Waals surface area contributed by atoms with E-state index in [0.717, 1.165) is 25.7 Å². The van der Waals surface area contributed by atoms with Gasteiger partial charge < -0.3 is 29.2 Å². The summed E-state index contributed by atoms with van der Waals surface area (Å²) in [6.07, 6.45) is 16.5. The van der Waals surface area contributed by atoms with Gasteiger partial charge in [-0.3, -0.25) is 9.05 Å². The van der Waals surface area contributed by atoms with Crippen molar-refractivity contribution in [2.24, 2.45) is 0 Å². The van der Waals surface area contributed by atoms with Crippen LogP contribution in [0, 0.1) is 17.1 Å². The number of aromatic nitrogens is 3. The van der Waals surface area contributed by atoms with Crippen molar-refractivity contribution >= 4 is 30.8 Å². The number of halogens is 2. The Labute approximate surface area is 376 Å². The first kappa shape index (κ1) is 48.8. The third-order valence-corrected chi connectivity index (χ3v) is 13.3. The summed E-state index contributed by atoms with van der Waals surface area (Å²) in [6, 6.07) is 16.3. The number of benzene rings is 2. The van der Waals surface area contributed by atoms with E-state index in [1.54, 1.807) is 41.8 Å². The Morgan fingerprint density at radius 1 is 0.921 bits per heavy atom. The van der Waals surface area contributed by atoms with Gasteiger partial charge in [0.2, 0.25) is 0 Å². The summed E-state index contributed by atoms with van der Waals surface area (Å²) < 4.78 is 75.1. The fourth-order valence-electron chi connectivity index (χ4n) is 8.34. The molecular weight excluding hydrogens is 848 g/mol. The number of nitriles is 1. The number of para-hydroxylation sites is 1. The van der Waals surface area contributed by atoms with Crippen molar-refractivity contribution in [2.75, 3.05) is 18.9 Å². The number of unbranched alkanes of at least 4 members (excludes halogenated alkanes) is 13.